The maximum Gasteiger partial charge on any atom is 0.363 e. The van der Waals surface area contributed by atoms with Crippen molar-refractivity contribution >= 4 is 34.4 Å². The highest BCUT2D eigenvalue weighted by molar-refractivity contribution is 6.13. The van der Waals surface area contributed by atoms with E-state index >= 15 is 0 Å². The molecule has 0 N–H and O–H groups in total. The smallest absolute Gasteiger partial charge is 0.363 e. The Morgan fingerprint density at radius 3 is 2.62 bits per heavy atom. The van der Waals surface area contributed by atoms with Crippen LogP contribution in [0.2, 0.25) is 0 Å². The summed E-state index contributed by atoms with van der Waals surface area (Å²) in [5.41, 5.74) is 1.29. The summed E-state index contributed by atoms with van der Waals surface area (Å²) >= 11 is 0. The Morgan fingerprint density at radius 2 is 1.77 bits per heavy atom. The molecule has 4 rings (SSSR count). The van der Waals surface area contributed by atoms with Crippen molar-refractivity contribution in [2.45, 2.75) is 0 Å². The molecule has 26 heavy (non-hydrogen) atoms. The van der Waals surface area contributed by atoms with Crippen molar-refractivity contribution in [2.75, 3.05) is 0 Å². The van der Waals surface area contributed by atoms with Gasteiger partial charge in [-0.25, -0.2) is 9.79 Å². The zero-order chi connectivity index (χ0) is 18.1. The molecule has 3 aromatic carbocycles. The monoisotopic (exact) mass is 344 g/mol. The molecule has 0 amide bonds. The highest BCUT2D eigenvalue weighted by Crippen LogP contribution is 2.25. The molecule has 126 valence electrons. The Labute approximate surface area is 148 Å². The van der Waals surface area contributed by atoms with Crippen LogP contribution < -0.4 is 0 Å². The minimum absolute atomic E-state index is 0.0604. The molecule has 0 atom stereocenters. The van der Waals surface area contributed by atoms with Gasteiger partial charge in [0.1, 0.15) is 0 Å². The van der Waals surface area contributed by atoms with Crippen LogP contribution in [0, 0.1) is 10.1 Å². The number of carbonyl (C=O) groups excluding carboxylic acids is 1. The maximum atomic E-state index is 12.2. The molecular formula is C20H12N2O4. The number of carbonyl (C=O) groups is 1. The quantitative estimate of drug-likeness (QED) is 0.310. The van der Waals surface area contributed by atoms with Crippen molar-refractivity contribution in [3.63, 3.8) is 0 Å². The molecule has 0 aromatic heterocycles. The third-order valence-electron chi connectivity index (χ3n) is 4.04. The van der Waals surface area contributed by atoms with E-state index in [2.05, 4.69) is 4.99 Å². The van der Waals surface area contributed by atoms with E-state index in [1.54, 1.807) is 12.1 Å². The van der Waals surface area contributed by atoms with Crippen molar-refractivity contribution in [3.05, 3.63) is 93.7 Å². The van der Waals surface area contributed by atoms with Gasteiger partial charge in [-0.1, -0.05) is 48.5 Å². The van der Waals surface area contributed by atoms with E-state index in [1.807, 2.05) is 42.5 Å². The normalized spacial score (nSPS) is 15.2. The largest absolute Gasteiger partial charge is 0.402 e. The van der Waals surface area contributed by atoms with E-state index in [-0.39, 0.29) is 17.3 Å². The van der Waals surface area contributed by atoms with Gasteiger partial charge in [-0.3, -0.25) is 10.1 Å². The van der Waals surface area contributed by atoms with Crippen LogP contribution in [0.25, 0.3) is 16.8 Å². The lowest BCUT2D eigenvalue weighted by molar-refractivity contribution is -0.384. The SMILES string of the molecule is O=C1OC(c2cccc([N+](=O)[O-])c2)=N/C1=C\c1cccc2ccccc12. The fourth-order valence-corrected chi connectivity index (χ4v) is 2.81. The van der Waals surface area contributed by atoms with Gasteiger partial charge in [-0.2, -0.15) is 0 Å². The molecule has 6 heteroatoms. The molecule has 0 saturated carbocycles. The number of benzene rings is 3. The fourth-order valence-electron chi connectivity index (χ4n) is 2.81. The number of esters is 1. The van der Waals surface area contributed by atoms with Gasteiger partial charge in [0.15, 0.2) is 5.70 Å². The first kappa shape index (κ1) is 15.7. The van der Waals surface area contributed by atoms with E-state index in [9.17, 15) is 14.9 Å². The third-order valence-corrected chi connectivity index (χ3v) is 4.04. The van der Waals surface area contributed by atoms with Gasteiger partial charge in [-0.05, 0) is 28.5 Å². The average Bonchev–Trinajstić information content (AvgIpc) is 3.03. The maximum absolute atomic E-state index is 12.2. The lowest BCUT2D eigenvalue weighted by Crippen LogP contribution is -2.05. The van der Waals surface area contributed by atoms with Crippen molar-refractivity contribution in [1.82, 2.24) is 0 Å². The standard InChI is InChI=1S/C20H12N2O4/c23-20-18(12-14-7-3-6-13-5-1-2-10-17(13)14)21-19(26-20)15-8-4-9-16(11-15)22(24)25/h1-12H/b18-12-. The number of nitro benzene ring substituents is 1. The molecule has 0 unspecified atom stereocenters. The van der Waals surface area contributed by atoms with E-state index < -0.39 is 10.9 Å². The topological polar surface area (TPSA) is 81.8 Å². The van der Waals surface area contributed by atoms with Crippen LogP contribution >= 0.6 is 0 Å². The number of rotatable bonds is 3. The second kappa shape index (κ2) is 6.25. The summed E-state index contributed by atoms with van der Waals surface area (Å²) in [5.74, 6) is -0.523. The Kier molecular flexibility index (Phi) is 3.78. The van der Waals surface area contributed by atoms with E-state index in [0.29, 0.717) is 5.56 Å². The van der Waals surface area contributed by atoms with Gasteiger partial charge in [-0.15, -0.1) is 0 Å². The third kappa shape index (κ3) is 2.84. The fraction of sp³-hybridized carbons (Fsp3) is 0. The van der Waals surface area contributed by atoms with Gasteiger partial charge in [0.2, 0.25) is 5.90 Å². The molecule has 0 radical (unpaired) electrons. The molecule has 3 aromatic rings. The van der Waals surface area contributed by atoms with Crippen molar-refractivity contribution < 1.29 is 14.5 Å². The Bertz CT molecular complexity index is 1110. The molecule has 0 saturated heterocycles. The Morgan fingerprint density at radius 1 is 1.00 bits per heavy atom. The Hall–Kier alpha value is -3.80. The lowest BCUT2D eigenvalue weighted by atomic mass is 10.0. The van der Waals surface area contributed by atoms with E-state index in [0.717, 1.165) is 16.3 Å². The van der Waals surface area contributed by atoms with Crippen LogP contribution in [0.1, 0.15) is 11.1 Å². The van der Waals surface area contributed by atoms with Crippen LogP contribution in [-0.4, -0.2) is 16.8 Å². The molecule has 6 nitrogen and oxygen atoms in total. The van der Waals surface area contributed by atoms with Crippen LogP contribution in [0.4, 0.5) is 5.69 Å². The summed E-state index contributed by atoms with van der Waals surface area (Å²) in [6.45, 7) is 0. The van der Waals surface area contributed by atoms with Crippen molar-refractivity contribution in [1.29, 1.82) is 0 Å². The predicted molar refractivity (Wildman–Crippen MR) is 97.7 cm³/mol. The van der Waals surface area contributed by atoms with E-state index in [4.69, 9.17) is 4.74 Å². The number of aliphatic imine (C=N–C) groups is 1. The van der Waals surface area contributed by atoms with Crippen LogP contribution in [0.5, 0.6) is 0 Å². The summed E-state index contributed by atoms with van der Waals surface area (Å²) in [7, 11) is 0. The van der Waals surface area contributed by atoms with Gasteiger partial charge in [0.25, 0.3) is 5.69 Å². The second-order valence-electron chi connectivity index (χ2n) is 5.71. The summed E-state index contributed by atoms with van der Waals surface area (Å²) in [6.07, 6.45) is 1.66. The number of hydrogen-bond acceptors (Lipinski definition) is 5. The molecule has 0 aliphatic carbocycles. The summed E-state index contributed by atoms with van der Waals surface area (Å²) < 4.78 is 5.20. The number of cyclic esters (lactones) is 1. The van der Waals surface area contributed by atoms with Gasteiger partial charge in [0, 0.05) is 17.7 Å². The molecule has 1 heterocycles. The number of fused-ring (bicyclic) bond motifs is 1. The molecule has 0 bridgehead atoms. The zero-order valence-corrected chi connectivity index (χ0v) is 13.5. The van der Waals surface area contributed by atoms with Gasteiger partial charge in [0.05, 0.1) is 4.92 Å². The number of non-ortho nitro benzene ring substituents is 1. The van der Waals surface area contributed by atoms with Gasteiger partial charge < -0.3 is 4.74 Å². The van der Waals surface area contributed by atoms with Crippen LogP contribution in [0.3, 0.4) is 0 Å². The Balaban J connectivity index is 1.76. The summed E-state index contributed by atoms with van der Waals surface area (Å²) in [5, 5.41) is 13.0. The highest BCUT2D eigenvalue weighted by atomic mass is 16.6. The first-order valence-corrected chi connectivity index (χ1v) is 7.87. The number of ether oxygens (including phenoxy) is 1. The predicted octanol–water partition coefficient (Wildman–Crippen LogP) is 4.09. The minimum atomic E-state index is -0.584. The molecule has 0 fully saturated rings. The zero-order valence-electron chi connectivity index (χ0n) is 13.5. The molecule has 1 aliphatic rings. The number of nitro groups is 1. The first-order valence-electron chi connectivity index (χ1n) is 7.87. The van der Waals surface area contributed by atoms with Crippen molar-refractivity contribution in [3.8, 4) is 0 Å². The average molecular weight is 344 g/mol. The summed E-state index contributed by atoms with van der Waals surface area (Å²) in [4.78, 5) is 26.8. The van der Waals surface area contributed by atoms with Crippen LogP contribution in [-0.2, 0) is 9.53 Å². The lowest BCUT2D eigenvalue weighted by Gasteiger charge is -2.01. The highest BCUT2D eigenvalue weighted by Gasteiger charge is 2.25. The minimum Gasteiger partial charge on any atom is -0.402 e. The number of hydrogen-bond donors (Lipinski definition) is 0. The number of nitrogens with zero attached hydrogens (tertiary/aromatic N) is 2. The molecular weight excluding hydrogens is 332 g/mol. The van der Waals surface area contributed by atoms with Crippen LogP contribution in [0.15, 0.2) is 77.4 Å². The molecule has 1 aliphatic heterocycles. The second-order valence-corrected chi connectivity index (χ2v) is 5.71. The van der Waals surface area contributed by atoms with Crippen molar-refractivity contribution in [2.24, 2.45) is 4.99 Å². The van der Waals surface area contributed by atoms with E-state index in [1.165, 1.54) is 18.2 Å². The summed E-state index contributed by atoms with van der Waals surface area (Å²) in [6, 6.07) is 19.4. The molecule has 0 spiro atoms. The van der Waals surface area contributed by atoms with Gasteiger partial charge >= 0.3 is 5.97 Å². The first-order chi connectivity index (χ1) is 12.6.